The second-order valence-corrected chi connectivity index (χ2v) is 17.0. The van der Waals surface area contributed by atoms with Crippen LogP contribution >= 0.6 is 0 Å². The fourth-order valence-corrected chi connectivity index (χ4v) is 12.0. The van der Waals surface area contributed by atoms with E-state index >= 15 is 0 Å². The van der Waals surface area contributed by atoms with E-state index in [0.717, 1.165) is 36.2 Å². The summed E-state index contributed by atoms with van der Waals surface area (Å²) in [4.78, 5) is 13.0. The van der Waals surface area contributed by atoms with Gasteiger partial charge in [-0.25, -0.2) is 4.79 Å². The summed E-state index contributed by atoms with van der Waals surface area (Å²) in [5.41, 5.74) is 3.98. The molecule has 0 bridgehead atoms. The molecule has 3 heteroatoms. The highest BCUT2D eigenvalue weighted by Crippen LogP contribution is 2.75. The second kappa shape index (κ2) is 10.00. The summed E-state index contributed by atoms with van der Waals surface area (Å²) in [6, 6.07) is 6.89. The van der Waals surface area contributed by atoms with Crippen molar-refractivity contribution in [1.82, 2.24) is 0 Å². The highest BCUT2D eigenvalue weighted by Gasteiger charge is 2.68. The van der Waals surface area contributed by atoms with Crippen LogP contribution < -0.4 is 0 Å². The van der Waals surface area contributed by atoms with Crippen molar-refractivity contribution in [2.75, 3.05) is 0 Å². The molecule has 1 aromatic rings. The minimum Gasteiger partial charge on any atom is -0.508 e. The van der Waals surface area contributed by atoms with Gasteiger partial charge in [-0.3, -0.25) is 0 Å². The first-order valence-corrected chi connectivity index (χ1v) is 17.0. The molecule has 1 N–H and O–H groups in total. The maximum atomic E-state index is 13.0. The quantitative estimate of drug-likeness (QED) is 0.223. The number of hydrogen-bond acceptors (Lipinski definition) is 3. The molecule has 0 amide bonds. The van der Waals surface area contributed by atoms with Crippen molar-refractivity contribution in [3.63, 3.8) is 0 Å². The third-order valence-electron chi connectivity index (χ3n) is 14.9. The second-order valence-electron chi connectivity index (χ2n) is 17.0. The van der Waals surface area contributed by atoms with E-state index in [-0.39, 0.29) is 34.1 Å². The minimum atomic E-state index is -0.260. The number of phenols is 1. The van der Waals surface area contributed by atoms with Gasteiger partial charge in [0.2, 0.25) is 0 Å². The molecular weight excluding hydrogens is 516 g/mol. The molecule has 0 aliphatic heterocycles. The first-order chi connectivity index (χ1) is 19.7. The Morgan fingerprint density at radius 2 is 1.60 bits per heavy atom. The van der Waals surface area contributed by atoms with Crippen molar-refractivity contribution < 1.29 is 14.6 Å². The molecule has 0 heterocycles. The van der Waals surface area contributed by atoms with Crippen molar-refractivity contribution in [1.29, 1.82) is 0 Å². The van der Waals surface area contributed by atoms with Gasteiger partial charge in [-0.15, -0.1) is 0 Å². The van der Waals surface area contributed by atoms with Crippen molar-refractivity contribution in [2.24, 2.45) is 56.7 Å². The fraction of sp³-hybridized carbons (Fsp3) is 0.718. The Labute approximate surface area is 255 Å². The number of fused-ring (bicyclic) bond motifs is 7. The molecule has 1 aromatic carbocycles. The zero-order valence-electron chi connectivity index (χ0n) is 27.6. The lowest BCUT2D eigenvalue weighted by Gasteiger charge is -2.71. The van der Waals surface area contributed by atoms with Crippen molar-refractivity contribution >= 4 is 12.0 Å². The van der Waals surface area contributed by atoms with Gasteiger partial charge in [0.05, 0.1) is 0 Å². The summed E-state index contributed by atoms with van der Waals surface area (Å²) in [7, 11) is 0. The van der Waals surface area contributed by atoms with E-state index in [1.165, 1.54) is 44.9 Å². The molecule has 10 atom stereocenters. The monoisotopic (exact) mass is 572 g/mol. The van der Waals surface area contributed by atoms with Gasteiger partial charge >= 0.3 is 5.97 Å². The third kappa shape index (κ3) is 4.29. The predicted molar refractivity (Wildman–Crippen MR) is 172 cm³/mol. The number of carbonyl (C=O) groups excluding carboxylic acids is 1. The summed E-state index contributed by atoms with van der Waals surface area (Å²) in [5.74, 6) is 3.51. The van der Waals surface area contributed by atoms with E-state index in [1.807, 2.05) is 5.57 Å². The first kappa shape index (κ1) is 30.0. The van der Waals surface area contributed by atoms with Crippen LogP contribution in [0.1, 0.15) is 119 Å². The highest BCUT2D eigenvalue weighted by molar-refractivity contribution is 5.87. The van der Waals surface area contributed by atoms with Crippen LogP contribution in [0.5, 0.6) is 5.75 Å². The summed E-state index contributed by atoms with van der Waals surface area (Å²) < 4.78 is 6.22. The lowest BCUT2D eigenvalue weighted by Crippen LogP contribution is -2.65. The standard InChI is InChI=1S/C39H56O3/c1-25-17-20-36(5)23-24-38(7)29(34(36)26(25)2)14-15-31-37(6)21-19-32(35(3,4)30(37)18-22-39(31,38)8)42-33(41)16-11-27-9-12-28(40)13-10-27/h9-14,16,25-26,30-32,34,40H,15,17-24H2,1-8H3. The summed E-state index contributed by atoms with van der Waals surface area (Å²) in [6.45, 7) is 20.4. The summed E-state index contributed by atoms with van der Waals surface area (Å²) in [6.07, 6.45) is 17.4. The van der Waals surface area contributed by atoms with Gasteiger partial charge in [0.15, 0.2) is 0 Å². The minimum absolute atomic E-state index is 0.0675. The van der Waals surface area contributed by atoms with Crippen LogP contribution in [-0.4, -0.2) is 17.2 Å². The van der Waals surface area contributed by atoms with Gasteiger partial charge in [0.1, 0.15) is 11.9 Å². The number of ether oxygens (including phenoxy) is 1. The van der Waals surface area contributed by atoms with Crippen LogP contribution in [0.3, 0.4) is 0 Å². The topological polar surface area (TPSA) is 46.5 Å². The van der Waals surface area contributed by atoms with Crippen molar-refractivity contribution in [3.8, 4) is 5.75 Å². The molecule has 0 aromatic heterocycles. The number of benzene rings is 1. The normalized spacial score (nSPS) is 46.0. The predicted octanol–water partition coefficient (Wildman–Crippen LogP) is 9.99. The van der Waals surface area contributed by atoms with Crippen LogP contribution in [0, 0.1) is 56.7 Å². The number of rotatable bonds is 3. The van der Waals surface area contributed by atoms with Gasteiger partial charge in [0.25, 0.3) is 0 Å². The Morgan fingerprint density at radius 3 is 2.31 bits per heavy atom. The average molecular weight is 573 g/mol. The number of esters is 1. The van der Waals surface area contributed by atoms with E-state index in [4.69, 9.17) is 4.74 Å². The lowest BCUT2D eigenvalue weighted by atomic mass is 9.33. The Balaban J connectivity index is 1.25. The van der Waals surface area contributed by atoms with Crippen LogP contribution in [0.25, 0.3) is 6.08 Å². The van der Waals surface area contributed by atoms with Gasteiger partial charge < -0.3 is 9.84 Å². The first-order valence-electron chi connectivity index (χ1n) is 17.0. The van der Waals surface area contributed by atoms with E-state index in [1.54, 1.807) is 36.4 Å². The number of hydrogen-bond donors (Lipinski definition) is 1. The summed E-state index contributed by atoms with van der Waals surface area (Å²) in [5, 5.41) is 9.54. The molecule has 5 aliphatic rings. The maximum Gasteiger partial charge on any atom is 0.331 e. The van der Waals surface area contributed by atoms with Gasteiger partial charge in [-0.1, -0.05) is 79.2 Å². The van der Waals surface area contributed by atoms with Gasteiger partial charge in [0, 0.05) is 11.5 Å². The highest BCUT2D eigenvalue weighted by atomic mass is 16.5. The summed E-state index contributed by atoms with van der Waals surface area (Å²) >= 11 is 0. The lowest BCUT2D eigenvalue weighted by molar-refractivity contribution is -0.211. The third-order valence-corrected chi connectivity index (χ3v) is 14.9. The van der Waals surface area contributed by atoms with E-state index < -0.39 is 0 Å². The molecule has 42 heavy (non-hydrogen) atoms. The van der Waals surface area contributed by atoms with Crippen LogP contribution in [-0.2, 0) is 9.53 Å². The fourth-order valence-electron chi connectivity index (χ4n) is 12.0. The maximum absolute atomic E-state index is 13.0. The number of phenolic OH excluding ortho intramolecular Hbond substituents is 1. The Kier molecular flexibility index (Phi) is 7.14. The Bertz CT molecular complexity index is 1270. The Morgan fingerprint density at radius 1 is 0.881 bits per heavy atom. The largest absolute Gasteiger partial charge is 0.508 e. The zero-order chi connectivity index (χ0) is 30.3. The zero-order valence-corrected chi connectivity index (χ0v) is 27.6. The Hall–Kier alpha value is -2.03. The van der Waals surface area contributed by atoms with Gasteiger partial charge in [-0.2, -0.15) is 0 Å². The van der Waals surface area contributed by atoms with Crippen LogP contribution in [0.2, 0.25) is 0 Å². The number of allylic oxidation sites excluding steroid dienone is 2. The molecule has 230 valence electrons. The molecule has 0 radical (unpaired) electrons. The van der Waals surface area contributed by atoms with Crippen LogP contribution in [0.4, 0.5) is 0 Å². The molecule has 5 aliphatic carbocycles. The molecule has 6 rings (SSSR count). The van der Waals surface area contributed by atoms with Crippen molar-refractivity contribution in [2.45, 2.75) is 119 Å². The van der Waals surface area contributed by atoms with Crippen molar-refractivity contribution in [3.05, 3.63) is 47.6 Å². The van der Waals surface area contributed by atoms with Gasteiger partial charge in [-0.05, 0) is 133 Å². The van der Waals surface area contributed by atoms with E-state index in [0.29, 0.717) is 22.7 Å². The van der Waals surface area contributed by atoms with E-state index in [9.17, 15) is 9.90 Å². The SMILES string of the molecule is CC1CCC2(C)CCC3(C)C(=CCC4C5(C)CCC(OC(=O)C=Cc6ccc(O)cc6)C(C)(C)C5CCC43C)C2C1C. The van der Waals surface area contributed by atoms with Crippen LogP contribution in [0.15, 0.2) is 42.0 Å². The molecular formula is C39H56O3. The molecule has 4 fully saturated rings. The molecule has 0 saturated heterocycles. The van der Waals surface area contributed by atoms with E-state index in [2.05, 4.69) is 61.5 Å². The molecule has 0 spiro atoms. The smallest absolute Gasteiger partial charge is 0.331 e. The molecule has 4 saturated carbocycles. The molecule has 10 unspecified atom stereocenters. The average Bonchev–Trinajstić information content (AvgIpc) is 2.93. The number of carbonyl (C=O) groups is 1. The molecule has 3 nitrogen and oxygen atoms in total. The number of aromatic hydroxyl groups is 1.